The maximum absolute atomic E-state index is 14.3. The van der Waals surface area contributed by atoms with Crippen LogP contribution in [0.25, 0.3) is 109 Å². The summed E-state index contributed by atoms with van der Waals surface area (Å²) in [6, 6.07) is 79.6. The molecule has 2 aromatic heterocycles. The summed E-state index contributed by atoms with van der Waals surface area (Å²) in [6.45, 7) is 17.2. The largest absolute Gasteiger partial charge is 0.415 e. The molecule has 0 fully saturated rings. The molecule has 4 nitrogen and oxygen atoms in total. The third-order valence-electron chi connectivity index (χ3n) is 16.4. The van der Waals surface area contributed by atoms with E-state index in [9.17, 15) is 13.2 Å². The van der Waals surface area contributed by atoms with Crippen LogP contribution in [0.5, 0.6) is 0 Å². The van der Waals surface area contributed by atoms with Crippen molar-refractivity contribution in [3.63, 3.8) is 0 Å². The van der Waals surface area contributed by atoms with E-state index in [1.807, 2.05) is 30.3 Å². The van der Waals surface area contributed by atoms with Gasteiger partial charge < -0.3 is 9.13 Å². The van der Waals surface area contributed by atoms with Gasteiger partial charge in [-0.2, -0.15) is 13.2 Å². The van der Waals surface area contributed by atoms with Crippen molar-refractivity contribution >= 4 is 55.0 Å². The fourth-order valence-corrected chi connectivity index (χ4v) is 13.3. The summed E-state index contributed by atoms with van der Waals surface area (Å²) < 4.78 is 47.4. The van der Waals surface area contributed by atoms with E-state index in [-0.39, 0.29) is 17.5 Å². The molecular weight excluding hydrogens is 966 g/mol. The van der Waals surface area contributed by atoms with Crippen molar-refractivity contribution in [1.29, 1.82) is 0 Å². The number of alkyl halides is 3. The van der Waals surface area contributed by atoms with Gasteiger partial charge in [0.15, 0.2) is 11.4 Å². The normalized spacial score (nSPS) is 14.3. The lowest BCUT2D eigenvalue weighted by atomic mass is 9.87. The minimum atomic E-state index is -4.64. The Morgan fingerprint density at radius 1 is 0.372 bits per heavy atom. The molecule has 0 spiro atoms. The second kappa shape index (κ2) is 17.2. The first-order chi connectivity index (χ1) is 38.3. The zero-order valence-corrected chi connectivity index (χ0v) is 41.6. The van der Waals surface area contributed by atoms with Gasteiger partial charge in [-0.05, 0) is 121 Å². The summed E-state index contributed by atoms with van der Waals surface area (Å²) in [5, 5.41) is 4.38. The van der Waals surface area contributed by atoms with Gasteiger partial charge in [-0.25, -0.2) is 9.69 Å². The first-order valence-electron chi connectivity index (χ1n) is 26.0. The highest BCUT2D eigenvalue weighted by molar-refractivity contribution is 6.17. The molecule has 0 saturated heterocycles. The van der Waals surface area contributed by atoms with E-state index < -0.39 is 11.7 Å². The molecule has 2 aliphatic carbocycles. The van der Waals surface area contributed by atoms with Crippen LogP contribution in [0.15, 0.2) is 237 Å². The lowest BCUT2D eigenvalue weighted by molar-refractivity contribution is -0.137. The predicted molar refractivity (Wildman–Crippen MR) is 309 cm³/mol. The van der Waals surface area contributed by atoms with Gasteiger partial charge in [0.2, 0.25) is 0 Å². The highest BCUT2D eigenvalue weighted by atomic mass is 19.4. The third kappa shape index (κ3) is 6.52. The summed E-state index contributed by atoms with van der Waals surface area (Å²) in [5.41, 5.74) is 19.1. The molecule has 0 aliphatic heterocycles. The Kier molecular flexibility index (Phi) is 9.95. The minimum absolute atomic E-state index is 0.0379. The molecule has 0 radical (unpaired) electrons. The van der Waals surface area contributed by atoms with Crippen molar-refractivity contribution < 1.29 is 13.2 Å². The van der Waals surface area contributed by atoms with Gasteiger partial charge in [-0.1, -0.05) is 188 Å². The van der Waals surface area contributed by atoms with Gasteiger partial charge in [0.25, 0.3) is 0 Å². The van der Waals surface area contributed by atoms with Crippen LogP contribution < -0.4 is 0 Å². The van der Waals surface area contributed by atoms with Crippen LogP contribution in [0.3, 0.4) is 0 Å². The molecule has 2 unspecified atom stereocenters. The van der Waals surface area contributed by atoms with Crippen LogP contribution >= 0.6 is 0 Å². The number of nitrogens with zero attached hydrogens (tertiary/aromatic N) is 4. The van der Waals surface area contributed by atoms with Crippen molar-refractivity contribution in [2.75, 3.05) is 0 Å². The van der Waals surface area contributed by atoms with E-state index in [4.69, 9.17) is 13.1 Å². The molecular formula is C71H41F3N4. The lowest BCUT2D eigenvalue weighted by Gasteiger charge is -2.22. The number of fused-ring (bicyclic) bond motifs is 14. The van der Waals surface area contributed by atoms with Crippen LogP contribution in [0.4, 0.5) is 24.5 Å². The maximum Gasteiger partial charge on any atom is 0.415 e. The van der Waals surface area contributed by atoms with Crippen LogP contribution in [-0.4, -0.2) is 9.13 Å². The van der Waals surface area contributed by atoms with Gasteiger partial charge in [-0.15, -0.1) is 0 Å². The van der Waals surface area contributed by atoms with Crippen LogP contribution in [-0.2, 0) is 6.18 Å². The van der Waals surface area contributed by atoms with E-state index in [1.165, 1.54) is 61.7 Å². The lowest BCUT2D eigenvalue weighted by Crippen LogP contribution is -2.04. The average molecular weight is 1010 g/mol. The third-order valence-corrected chi connectivity index (χ3v) is 16.4. The summed E-state index contributed by atoms with van der Waals surface area (Å²) >= 11 is 0. The summed E-state index contributed by atoms with van der Waals surface area (Å²) in [5.74, 6) is -0.0847. The van der Waals surface area contributed by atoms with Crippen molar-refractivity contribution in [3.05, 3.63) is 298 Å². The summed E-state index contributed by atoms with van der Waals surface area (Å²) in [4.78, 5) is 7.99. The van der Waals surface area contributed by atoms with E-state index >= 15 is 0 Å². The second-order valence-corrected chi connectivity index (χ2v) is 20.3. The topological polar surface area (TPSA) is 18.6 Å². The van der Waals surface area contributed by atoms with Crippen molar-refractivity contribution in [2.45, 2.75) is 18.0 Å². The Morgan fingerprint density at radius 2 is 0.872 bits per heavy atom. The Morgan fingerprint density at radius 3 is 1.42 bits per heavy atom. The first-order valence-corrected chi connectivity index (χ1v) is 26.0. The Balaban J connectivity index is 1.05. The van der Waals surface area contributed by atoms with Gasteiger partial charge in [0, 0.05) is 50.2 Å². The highest BCUT2D eigenvalue weighted by Gasteiger charge is 2.36. The standard InChI is InChI=1S/C71H41F3N4/c1-75-56-28-17-31-61(78-59-30-16-14-27-54(59)68-63(78)39-36-52-48-23-10-12-25-50(48)65(70(52)68)43-20-7-4-8-21-43)66(56)55-40-44(46-34-33-45(71(72,73)74)41-57(46)76-2)32-37-60(55)77-58-29-15-13-26-53(58)67-62(77)38-35-51-47-22-9-11-24-49(47)64(69(51)67)42-18-5-3-6-19-42/h3-41,64-65H. The van der Waals surface area contributed by atoms with Crippen LogP contribution in [0.2, 0.25) is 0 Å². The van der Waals surface area contributed by atoms with Gasteiger partial charge in [0.05, 0.1) is 40.9 Å². The number of aromatic nitrogens is 2. The molecule has 78 heavy (non-hydrogen) atoms. The fourth-order valence-electron chi connectivity index (χ4n) is 13.3. The van der Waals surface area contributed by atoms with Gasteiger partial charge in [0.1, 0.15) is 0 Å². The SMILES string of the molecule is [C-]#[N+]c1cc(C(F)(F)F)ccc1-c1ccc(-n2c3ccccc3c3c4c(ccc32)-c2ccccc2C4c2ccccc2)c(-c2c([N+]#[C-])cccc2-n2c3ccccc3c3c4c(ccc32)-c2ccccc2C4c2ccccc2)c1. The fraction of sp³-hybridized carbons (Fsp3) is 0.0423. The second-order valence-electron chi connectivity index (χ2n) is 20.3. The van der Waals surface area contributed by atoms with Crippen molar-refractivity contribution in [2.24, 2.45) is 0 Å². The molecule has 7 heteroatoms. The van der Waals surface area contributed by atoms with E-state index in [0.717, 1.165) is 67.1 Å². The summed E-state index contributed by atoms with van der Waals surface area (Å²) in [7, 11) is 0. The number of benzene rings is 11. The van der Waals surface area contributed by atoms with E-state index in [0.29, 0.717) is 27.9 Å². The Bertz CT molecular complexity index is 4760. The molecule has 13 aromatic rings. The predicted octanol–water partition coefficient (Wildman–Crippen LogP) is 19.7. The molecule has 2 heterocycles. The first kappa shape index (κ1) is 45.2. The number of rotatable bonds is 6. The molecule has 2 atom stereocenters. The molecule has 2 aliphatic rings. The molecule has 11 aromatic carbocycles. The quantitative estimate of drug-likeness (QED) is 0.148. The molecule has 15 rings (SSSR count). The Hall–Kier alpha value is -10.2. The zero-order valence-electron chi connectivity index (χ0n) is 41.6. The monoisotopic (exact) mass is 1010 g/mol. The smallest absolute Gasteiger partial charge is 0.310 e. The van der Waals surface area contributed by atoms with Gasteiger partial charge in [-0.3, -0.25) is 0 Å². The minimum Gasteiger partial charge on any atom is -0.310 e. The molecule has 0 amide bonds. The van der Waals surface area contributed by atoms with Crippen LogP contribution in [0.1, 0.15) is 50.8 Å². The zero-order chi connectivity index (χ0) is 52.4. The van der Waals surface area contributed by atoms with Crippen LogP contribution in [0, 0.1) is 13.1 Å². The molecule has 0 bridgehead atoms. The van der Waals surface area contributed by atoms with E-state index in [1.54, 1.807) is 0 Å². The Labute approximate surface area is 447 Å². The number of hydrogen-bond acceptors (Lipinski definition) is 0. The van der Waals surface area contributed by atoms with E-state index in [2.05, 4.69) is 207 Å². The average Bonchev–Trinajstić information content (AvgIpc) is 3.72. The molecule has 366 valence electrons. The van der Waals surface area contributed by atoms with Crippen molar-refractivity contribution in [1.82, 2.24) is 9.13 Å². The molecule has 0 N–H and O–H groups in total. The number of halogens is 3. The summed E-state index contributed by atoms with van der Waals surface area (Å²) in [6.07, 6.45) is -4.64. The van der Waals surface area contributed by atoms with Crippen molar-refractivity contribution in [3.8, 4) is 55.9 Å². The van der Waals surface area contributed by atoms with Gasteiger partial charge >= 0.3 is 6.18 Å². The highest BCUT2D eigenvalue weighted by Crippen LogP contribution is 2.56. The number of para-hydroxylation sites is 2. The molecule has 0 saturated carbocycles. The maximum atomic E-state index is 14.3. The number of hydrogen-bond donors (Lipinski definition) is 0.